The lowest BCUT2D eigenvalue weighted by Gasteiger charge is -2.34. The lowest BCUT2D eigenvalue weighted by Crippen LogP contribution is -2.40. The second-order valence-corrected chi connectivity index (χ2v) is 5.82. The van der Waals surface area contributed by atoms with E-state index in [1.807, 2.05) is 11.9 Å². The molecule has 4 nitrogen and oxygen atoms in total. The van der Waals surface area contributed by atoms with Crippen molar-refractivity contribution in [2.24, 2.45) is 17.8 Å². The summed E-state index contributed by atoms with van der Waals surface area (Å²) in [5.41, 5.74) is 0. The van der Waals surface area contributed by atoms with Crippen LogP contribution in [0.3, 0.4) is 0 Å². The molecule has 2 rings (SSSR count). The highest BCUT2D eigenvalue weighted by atomic mass is 16.4. The van der Waals surface area contributed by atoms with Crippen molar-refractivity contribution in [3.63, 3.8) is 0 Å². The summed E-state index contributed by atoms with van der Waals surface area (Å²) in [6.07, 6.45) is 6.31. The number of carboxylic acid groups (broad SMARTS) is 1. The van der Waals surface area contributed by atoms with Gasteiger partial charge in [-0.1, -0.05) is 13.3 Å². The molecular formula is C14H23NO3. The summed E-state index contributed by atoms with van der Waals surface area (Å²) in [6.45, 7) is 2.22. The number of hydrogen-bond donors (Lipinski definition) is 1. The topological polar surface area (TPSA) is 57.6 Å². The van der Waals surface area contributed by atoms with Gasteiger partial charge in [-0.05, 0) is 38.0 Å². The van der Waals surface area contributed by atoms with Crippen LogP contribution in [0.5, 0.6) is 0 Å². The van der Waals surface area contributed by atoms with E-state index < -0.39 is 11.9 Å². The zero-order valence-corrected chi connectivity index (χ0v) is 11.3. The van der Waals surface area contributed by atoms with Crippen LogP contribution in [-0.4, -0.2) is 35.0 Å². The summed E-state index contributed by atoms with van der Waals surface area (Å²) in [5.74, 6) is -0.639. The summed E-state index contributed by atoms with van der Waals surface area (Å²) in [4.78, 5) is 24.7. The predicted octanol–water partition coefficient (Wildman–Crippen LogP) is 2.13. The van der Waals surface area contributed by atoms with Gasteiger partial charge in [-0.25, -0.2) is 0 Å². The maximum Gasteiger partial charge on any atom is 0.307 e. The first-order valence-corrected chi connectivity index (χ1v) is 7.04. The average Bonchev–Trinajstić information content (AvgIpc) is 3.17. The number of aliphatic carboxylic acids is 1. The summed E-state index contributed by atoms with van der Waals surface area (Å²) in [6, 6.07) is 0.329. The molecule has 4 heteroatoms. The van der Waals surface area contributed by atoms with Crippen LogP contribution in [0.2, 0.25) is 0 Å². The largest absolute Gasteiger partial charge is 0.481 e. The minimum Gasteiger partial charge on any atom is -0.481 e. The van der Waals surface area contributed by atoms with Gasteiger partial charge in [0.05, 0.1) is 11.8 Å². The Morgan fingerprint density at radius 2 is 1.78 bits per heavy atom. The molecule has 102 valence electrons. The molecule has 1 N–H and O–H groups in total. The predicted molar refractivity (Wildman–Crippen MR) is 68.0 cm³/mol. The third kappa shape index (κ3) is 2.68. The molecule has 0 aromatic rings. The fourth-order valence-electron chi connectivity index (χ4n) is 3.12. The van der Waals surface area contributed by atoms with Crippen molar-refractivity contribution in [1.29, 1.82) is 0 Å². The highest BCUT2D eigenvalue weighted by Crippen LogP contribution is 2.41. The highest BCUT2D eigenvalue weighted by Gasteiger charge is 2.50. The first-order valence-electron chi connectivity index (χ1n) is 7.04. The minimum atomic E-state index is -0.823. The van der Waals surface area contributed by atoms with Crippen LogP contribution in [0.4, 0.5) is 0 Å². The summed E-state index contributed by atoms with van der Waals surface area (Å²) >= 11 is 0. The van der Waals surface area contributed by atoms with E-state index in [-0.39, 0.29) is 11.8 Å². The van der Waals surface area contributed by atoms with Crippen molar-refractivity contribution >= 4 is 11.9 Å². The molecule has 2 aliphatic rings. The number of nitrogens with zero attached hydrogens (tertiary/aromatic N) is 1. The molecule has 0 bridgehead atoms. The third-order valence-electron chi connectivity index (χ3n) is 4.71. The number of rotatable bonds is 4. The zero-order chi connectivity index (χ0) is 13.3. The maximum absolute atomic E-state index is 12.1. The molecular weight excluding hydrogens is 230 g/mol. The summed E-state index contributed by atoms with van der Waals surface area (Å²) in [7, 11) is 1.84. The van der Waals surface area contributed by atoms with E-state index in [0.29, 0.717) is 12.5 Å². The van der Waals surface area contributed by atoms with Gasteiger partial charge in [0.2, 0.25) is 5.91 Å². The van der Waals surface area contributed by atoms with Gasteiger partial charge in [0.25, 0.3) is 0 Å². The number of carboxylic acids is 1. The van der Waals surface area contributed by atoms with E-state index in [2.05, 4.69) is 6.92 Å². The molecule has 0 aliphatic heterocycles. The van der Waals surface area contributed by atoms with E-state index in [4.69, 9.17) is 5.11 Å². The van der Waals surface area contributed by atoms with Crippen LogP contribution in [0.1, 0.15) is 45.4 Å². The Balaban J connectivity index is 1.83. The second kappa shape index (κ2) is 5.29. The molecule has 2 saturated carbocycles. The van der Waals surface area contributed by atoms with Crippen LogP contribution < -0.4 is 0 Å². The molecule has 18 heavy (non-hydrogen) atoms. The average molecular weight is 253 g/mol. The van der Waals surface area contributed by atoms with E-state index in [1.165, 1.54) is 19.3 Å². The van der Waals surface area contributed by atoms with Crippen LogP contribution >= 0.6 is 0 Å². The Morgan fingerprint density at radius 1 is 1.17 bits per heavy atom. The van der Waals surface area contributed by atoms with Gasteiger partial charge in [0.15, 0.2) is 0 Å². The van der Waals surface area contributed by atoms with E-state index in [0.717, 1.165) is 18.8 Å². The van der Waals surface area contributed by atoms with Crippen LogP contribution in [0.25, 0.3) is 0 Å². The molecule has 0 unspecified atom stereocenters. The van der Waals surface area contributed by atoms with Crippen molar-refractivity contribution in [1.82, 2.24) is 4.90 Å². The third-order valence-corrected chi connectivity index (χ3v) is 4.71. The minimum absolute atomic E-state index is 0.0438. The fraction of sp³-hybridized carbons (Fsp3) is 0.857. The maximum atomic E-state index is 12.1. The smallest absolute Gasteiger partial charge is 0.307 e. The molecule has 2 aliphatic carbocycles. The Labute approximate surface area is 108 Å². The number of carbonyl (C=O) groups excluding carboxylic acids is 1. The first-order chi connectivity index (χ1) is 8.54. The Kier molecular flexibility index (Phi) is 3.93. The zero-order valence-electron chi connectivity index (χ0n) is 11.3. The molecule has 0 aromatic carbocycles. The van der Waals surface area contributed by atoms with Crippen LogP contribution in [0.15, 0.2) is 0 Å². The lowest BCUT2D eigenvalue weighted by molar-refractivity contribution is -0.142. The number of carbonyl (C=O) groups is 2. The Bertz CT molecular complexity index is 334. The molecule has 1 amide bonds. The van der Waals surface area contributed by atoms with Gasteiger partial charge in [-0.2, -0.15) is 0 Å². The Hall–Kier alpha value is -1.06. The SMILES string of the molecule is CCC1CCC(N(C)C(=O)[C@@H]2C[C@@H]2C(=O)O)CC1. The van der Waals surface area contributed by atoms with E-state index in [1.54, 1.807) is 0 Å². The first kappa shape index (κ1) is 13.4. The molecule has 0 saturated heterocycles. The Morgan fingerprint density at radius 3 is 2.22 bits per heavy atom. The van der Waals surface area contributed by atoms with Gasteiger partial charge in [-0.15, -0.1) is 0 Å². The molecule has 0 heterocycles. The van der Waals surface area contributed by atoms with Crippen LogP contribution in [0, 0.1) is 17.8 Å². The highest BCUT2D eigenvalue weighted by molar-refractivity contribution is 5.89. The molecule has 2 atom stereocenters. The quantitative estimate of drug-likeness (QED) is 0.835. The van der Waals surface area contributed by atoms with Crippen molar-refractivity contribution in [3.05, 3.63) is 0 Å². The molecule has 0 spiro atoms. The molecule has 0 radical (unpaired) electrons. The van der Waals surface area contributed by atoms with Crippen molar-refractivity contribution in [2.75, 3.05) is 7.05 Å². The fourth-order valence-corrected chi connectivity index (χ4v) is 3.12. The van der Waals surface area contributed by atoms with E-state index >= 15 is 0 Å². The van der Waals surface area contributed by atoms with Gasteiger partial charge in [-0.3, -0.25) is 9.59 Å². The van der Waals surface area contributed by atoms with Crippen molar-refractivity contribution in [3.8, 4) is 0 Å². The second-order valence-electron chi connectivity index (χ2n) is 5.82. The van der Waals surface area contributed by atoms with Crippen LogP contribution in [-0.2, 0) is 9.59 Å². The summed E-state index contributed by atoms with van der Waals surface area (Å²) in [5, 5.41) is 8.86. The van der Waals surface area contributed by atoms with E-state index in [9.17, 15) is 9.59 Å². The number of amides is 1. The molecule has 0 aromatic heterocycles. The van der Waals surface area contributed by atoms with Gasteiger partial charge < -0.3 is 10.0 Å². The summed E-state index contributed by atoms with van der Waals surface area (Å²) < 4.78 is 0. The van der Waals surface area contributed by atoms with Gasteiger partial charge in [0, 0.05) is 13.1 Å². The van der Waals surface area contributed by atoms with Gasteiger partial charge in [0.1, 0.15) is 0 Å². The normalized spacial score (nSPS) is 35.0. The van der Waals surface area contributed by atoms with Gasteiger partial charge >= 0.3 is 5.97 Å². The van der Waals surface area contributed by atoms with Crippen molar-refractivity contribution in [2.45, 2.75) is 51.5 Å². The molecule has 2 fully saturated rings. The monoisotopic (exact) mass is 253 g/mol. The van der Waals surface area contributed by atoms with Crippen molar-refractivity contribution < 1.29 is 14.7 Å². The number of hydrogen-bond acceptors (Lipinski definition) is 2. The lowest BCUT2D eigenvalue weighted by atomic mass is 9.84. The standard InChI is InChI=1S/C14H23NO3/c1-3-9-4-6-10(7-5-9)15(2)13(16)11-8-12(11)14(17)18/h9-12H,3-8H2,1-2H3,(H,17,18)/t9?,10?,11-,12+/m1/s1.